The summed E-state index contributed by atoms with van der Waals surface area (Å²) in [5.41, 5.74) is 3.14. The third-order valence-corrected chi connectivity index (χ3v) is 4.56. The summed E-state index contributed by atoms with van der Waals surface area (Å²) in [5, 5.41) is 4.87. The molecule has 0 aliphatic heterocycles. The minimum atomic E-state index is 0.177. The quantitative estimate of drug-likeness (QED) is 0.836. The highest BCUT2D eigenvalue weighted by molar-refractivity contribution is 6.32. The maximum absolute atomic E-state index is 11.9. The SMILES string of the molecule is CC.Cc1cc2[nH]c(CNC(=O)C3CC(C)C3)cc2cc1Cl. The smallest absolute Gasteiger partial charge is 0.223 e. The lowest BCUT2D eigenvalue weighted by Gasteiger charge is -2.31. The van der Waals surface area contributed by atoms with Gasteiger partial charge in [0.1, 0.15) is 0 Å². The van der Waals surface area contributed by atoms with E-state index >= 15 is 0 Å². The standard InChI is InChI=1S/C16H19ClN2O.C2H6/c1-9-3-12(4-9)16(20)18-8-13-6-11-7-14(17)10(2)5-15(11)19-13;1-2/h5-7,9,12,19H,3-4,8H2,1-2H3,(H,18,20);1-2H3. The molecule has 1 saturated carbocycles. The average molecular weight is 321 g/mol. The lowest BCUT2D eigenvalue weighted by Crippen LogP contribution is -2.37. The van der Waals surface area contributed by atoms with Crippen molar-refractivity contribution in [3.63, 3.8) is 0 Å². The molecule has 22 heavy (non-hydrogen) atoms. The predicted molar refractivity (Wildman–Crippen MR) is 93.1 cm³/mol. The monoisotopic (exact) mass is 320 g/mol. The first-order chi connectivity index (χ1) is 10.5. The Bertz CT molecular complexity index is 617. The molecule has 0 unspecified atom stereocenters. The molecule has 1 fully saturated rings. The van der Waals surface area contributed by atoms with Gasteiger partial charge in [0.2, 0.25) is 5.91 Å². The molecule has 1 aliphatic carbocycles. The number of aromatic amines is 1. The van der Waals surface area contributed by atoms with E-state index in [-0.39, 0.29) is 11.8 Å². The van der Waals surface area contributed by atoms with Gasteiger partial charge < -0.3 is 10.3 Å². The second kappa shape index (κ2) is 7.19. The van der Waals surface area contributed by atoms with Crippen molar-refractivity contribution >= 4 is 28.4 Å². The van der Waals surface area contributed by atoms with Gasteiger partial charge >= 0.3 is 0 Å². The topological polar surface area (TPSA) is 44.9 Å². The third kappa shape index (κ3) is 3.64. The fourth-order valence-corrected chi connectivity index (χ4v) is 3.03. The zero-order chi connectivity index (χ0) is 16.3. The summed E-state index contributed by atoms with van der Waals surface area (Å²) < 4.78 is 0. The number of carbonyl (C=O) groups excluding carboxylic acids is 1. The first-order valence-corrected chi connectivity index (χ1v) is 8.46. The van der Waals surface area contributed by atoms with E-state index in [1.54, 1.807) is 0 Å². The van der Waals surface area contributed by atoms with E-state index in [1.165, 1.54) is 0 Å². The van der Waals surface area contributed by atoms with Crippen LogP contribution in [0.25, 0.3) is 10.9 Å². The van der Waals surface area contributed by atoms with Crippen molar-refractivity contribution in [2.45, 2.75) is 47.1 Å². The number of benzene rings is 1. The average Bonchev–Trinajstić information content (AvgIpc) is 2.86. The van der Waals surface area contributed by atoms with E-state index in [4.69, 9.17) is 11.6 Å². The highest BCUT2D eigenvalue weighted by Gasteiger charge is 2.31. The Hall–Kier alpha value is -1.48. The molecule has 120 valence electrons. The van der Waals surface area contributed by atoms with Crippen LogP contribution in [0.15, 0.2) is 18.2 Å². The maximum Gasteiger partial charge on any atom is 0.223 e. The molecular weight excluding hydrogens is 296 g/mol. The van der Waals surface area contributed by atoms with Crippen molar-refractivity contribution in [3.8, 4) is 0 Å². The van der Waals surface area contributed by atoms with Crippen molar-refractivity contribution in [3.05, 3.63) is 34.5 Å². The number of fused-ring (bicyclic) bond motifs is 1. The summed E-state index contributed by atoms with van der Waals surface area (Å²) in [4.78, 5) is 15.3. The fourth-order valence-electron chi connectivity index (χ4n) is 2.86. The molecule has 3 rings (SSSR count). The molecule has 4 heteroatoms. The van der Waals surface area contributed by atoms with E-state index in [0.29, 0.717) is 12.5 Å². The molecule has 1 aromatic heterocycles. The van der Waals surface area contributed by atoms with Gasteiger partial charge in [0.25, 0.3) is 0 Å². The molecule has 0 spiro atoms. The minimum Gasteiger partial charge on any atom is -0.357 e. The van der Waals surface area contributed by atoms with Crippen LogP contribution in [-0.2, 0) is 11.3 Å². The Kier molecular flexibility index (Phi) is 5.52. The molecule has 0 bridgehead atoms. The molecule has 2 aromatic rings. The summed E-state index contributed by atoms with van der Waals surface area (Å²) in [6, 6.07) is 6.04. The molecule has 3 nitrogen and oxygen atoms in total. The van der Waals surface area contributed by atoms with Gasteiger partial charge in [0, 0.05) is 27.5 Å². The summed E-state index contributed by atoms with van der Waals surface area (Å²) in [6.45, 7) is 8.73. The first kappa shape index (κ1) is 16.9. The molecule has 1 amide bonds. The molecule has 0 radical (unpaired) electrons. The molecule has 0 atom stereocenters. The fraction of sp³-hybridized carbons (Fsp3) is 0.500. The van der Waals surface area contributed by atoms with Crippen molar-refractivity contribution in [2.75, 3.05) is 0 Å². The van der Waals surface area contributed by atoms with Gasteiger partial charge in [-0.3, -0.25) is 4.79 Å². The van der Waals surface area contributed by atoms with E-state index in [1.807, 2.05) is 39.0 Å². The molecular formula is C18H25ClN2O. The molecule has 0 saturated heterocycles. The second-order valence-corrected chi connectivity index (χ2v) is 6.38. The Morgan fingerprint density at radius 2 is 2.00 bits per heavy atom. The van der Waals surface area contributed by atoms with Gasteiger partial charge in [-0.25, -0.2) is 0 Å². The van der Waals surface area contributed by atoms with Crippen LogP contribution >= 0.6 is 11.6 Å². The van der Waals surface area contributed by atoms with Gasteiger partial charge in [0.15, 0.2) is 0 Å². The van der Waals surface area contributed by atoms with E-state index < -0.39 is 0 Å². The van der Waals surface area contributed by atoms with Gasteiger partial charge in [-0.15, -0.1) is 0 Å². The number of hydrogen-bond acceptors (Lipinski definition) is 1. The lowest BCUT2D eigenvalue weighted by atomic mass is 9.76. The third-order valence-electron chi connectivity index (χ3n) is 4.15. The zero-order valence-electron chi connectivity index (χ0n) is 13.8. The Balaban J connectivity index is 0.000000847. The van der Waals surface area contributed by atoms with Crippen molar-refractivity contribution < 1.29 is 4.79 Å². The van der Waals surface area contributed by atoms with Crippen LogP contribution in [-0.4, -0.2) is 10.9 Å². The number of hydrogen-bond donors (Lipinski definition) is 2. The van der Waals surface area contributed by atoms with Crippen molar-refractivity contribution in [1.82, 2.24) is 10.3 Å². The van der Waals surface area contributed by atoms with Gasteiger partial charge in [-0.1, -0.05) is 32.4 Å². The number of aromatic nitrogens is 1. The highest BCUT2D eigenvalue weighted by Crippen LogP contribution is 2.33. The number of aryl methyl sites for hydroxylation is 1. The van der Waals surface area contributed by atoms with Crippen LogP contribution < -0.4 is 5.32 Å². The van der Waals surface area contributed by atoms with Crippen molar-refractivity contribution in [2.24, 2.45) is 11.8 Å². The Morgan fingerprint density at radius 3 is 2.64 bits per heavy atom. The van der Waals surface area contributed by atoms with E-state index in [0.717, 1.165) is 40.0 Å². The minimum absolute atomic E-state index is 0.177. The van der Waals surface area contributed by atoms with Gasteiger partial charge in [0.05, 0.1) is 6.54 Å². The molecule has 1 aromatic carbocycles. The number of nitrogens with one attached hydrogen (secondary N) is 2. The van der Waals surface area contributed by atoms with Crippen LogP contribution in [0.5, 0.6) is 0 Å². The number of halogens is 1. The first-order valence-electron chi connectivity index (χ1n) is 8.08. The maximum atomic E-state index is 11.9. The number of carbonyl (C=O) groups is 1. The van der Waals surface area contributed by atoms with Gasteiger partial charge in [-0.05, 0) is 49.4 Å². The summed E-state index contributed by atoms with van der Waals surface area (Å²) in [6.07, 6.45) is 2.04. The summed E-state index contributed by atoms with van der Waals surface area (Å²) in [5.74, 6) is 1.09. The van der Waals surface area contributed by atoms with Crippen molar-refractivity contribution in [1.29, 1.82) is 0 Å². The molecule has 1 aliphatic rings. The summed E-state index contributed by atoms with van der Waals surface area (Å²) >= 11 is 6.12. The van der Waals surface area contributed by atoms with Crippen LogP contribution in [0.1, 0.15) is 44.9 Å². The van der Waals surface area contributed by atoms with E-state index in [9.17, 15) is 4.79 Å². The zero-order valence-corrected chi connectivity index (χ0v) is 14.6. The van der Waals surface area contributed by atoms with E-state index in [2.05, 4.69) is 17.2 Å². The van der Waals surface area contributed by atoms with Gasteiger partial charge in [-0.2, -0.15) is 0 Å². The number of amides is 1. The molecule has 1 heterocycles. The Labute approximate surface area is 137 Å². The number of H-pyrrole nitrogens is 1. The van der Waals surface area contributed by atoms with Crippen LogP contribution in [0.3, 0.4) is 0 Å². The van der Waals surface area contributed by atoms with Crippen LogP contribution in [0.2, 0.25) is 5.02 Å². The van der Waals surface area contributed by atoms with Crippen LogP contribution in [0.4, 0.5) is 0 Å². The Morgan fingerprint density at radius 1 is 1.32 bits per heavy atom. The summed E-state index contributed by atoms with van der Waals surface area (Å²) in [7, 11) is 0. The number of rotatable bonds is 3. The molecule has 2 N–H and O–H groups in total. The highest BCUT2D eigenvalue weighted by atomic mass is 35.5. The van der Waals surface area contributed by atoms with Crippen LogP contribution in [0, 0.1) is 18.8 Å². The normalized spacial score (nSPS) is 20.0. The predicted octanol–water partition coefficient (Wildman–Crippen LogP) is 4.82. The largest absolute Gasteiger partial charge is 0.357 e. The second-order valence-electron chi connectivity index (χ2n) is 5.97. The lowest BCUT2D eigenvalue weighted by molar-refractivity contribution is -0.129.